The van der Waals surface area contributed by atoms with Crippen molar-refractivity contribution in [3.8, 4) is 0 Å². The first kappa shape index (κ1) is 18.5. The number of carbonyl (C=O) groups is 1. The molecule has 0 atom stereocenters. The summed E-state index contributed by atoms with van der Waals surface area (Å²) in [6.07, 6.45) is 0.0767. The Morgan fingerprint density at radius 1 is 1.15 bits per heavy atom. The van der Waals surface area contributed by atoms with Gasteiger partial charge in [0.05, 0.1) is 19.8 Å². The average Bonchev–Trinajstić information content (AvgIpc) is 2.61. The Bertz CT molecular complexity index is 769. The van der Waals surface area contributed by atoms with E-state index in [0.29, 0.717) is 37.6 Å². The number of rotatable bonds is 5. The summed E-state index contributed by atoms with van der Waals surface area (Å²) in [7, 11) is 0. The molecule has 0 aliphatic carbocycles. The van der Waals surface area contributed by atoms with E-state index in [9.17, 15) is 13.6 Å². The minimum Gasteiger partial charge on any atom is -0.379 e. The maximum Gasteiger partial charge on any atom is 0.238 e. The predicted octanol–water partition coefficient (Wildman–Crippen LogP) is 3.13. The standard InChI is InChI=1S/C20H22F2N2O2/c1-14-5-6-19(23-20(25)13-24-7-9-26-10-8-24)15(11-14)12-16-17(21)3-2-4-18(16)22/h2-6,11H,7-10,12-13H2,1H3,(H,23,25). The number of benzene rings is 2. The molecule has 3 rings (SSSR count). The van der Waals surface area contributed by atoms with Gasteiger partial charge in [-0.25, -0.2) is 8.78 Å². The number of amides is 1. The van der Waals surface area contributed by atoms with E-state index < -0.39 is 11.6 Å². The second-order valence-corrected chi connectivity index (χ2v) is 6.47. The third-order valence-electron chi connectivity index (χ3n) is 4.43. The highest BCUT2D eigenvalue weighted by atomic mass is 19.1. The molecular formula is C20H22F2N2O2. The normalized spacial score (nSPS) is 15.0. The first-order valence-electron chi connectivity index (χ1n) is 8.65. The molecule has 1 N–H and O–H groups in total. The van der Waals surface area contributed by atoms with Gasteiger partial charge in [-0.3, -0.25) is 9.69 Å². The monoisotopic (exact) mass is 360 g/mol. The van der Waals surface area contributed by atoms with Crippen LogP contribution in [0.2, 0.25) is 0 Å². The van der Waals surface area contributed by atoms with Gasteiger partial charge in [0.15, 0.2) is 0 Å². The van der Waals surface area contributed by atoms with E-state index in [-0.39, 0.29) is 24.4 Å². The van der Waals surface area contributed by atoms with E-state index in [2.05, 4.69) is 5.32 Å². The number of nitrogens with zero attached hydrogens (tertiary/aromatic N) is 1. The van der Waals surface area contributed by atoms with Crippen molar-refractivity contribution in [2.24, 2.45) is 0 Å². The van der Waals surface area contributed by atoms with Gasteiger partial charge < -0.3 is 10.1 Å². The molecule has 1 aliphatic heterocycles. The molecule has 0 unspecified atom stereocenters. The molecule has 4 nitrogen and oxygen atoms in total. The fourth-order valence-electron chi connectivity index (χ4n) is 3.03. The Hall–Kier alpha value is -2.31. The largest absolute Gasteiger partial charge is 0.379 e. The highest BCUT2D eigenvalue weighted by molar-refractivity contribution is 5.93. The van der Waals surface area contributed by atoms with Gasteiger partial charge in [0.1, 0.15) is 11.6 Å². The molecule has 0 spiro atoms. The zero-order chi connectivity index (χ0) is 18.5. The first-order valence-corrected chi connectivity index (χ1v) is 8.65. The number of carbonyl (C=O) groups excluding carboxylic acids is 1. The van der Waals surface area contributed by atoms with Crippen molar-refractivity contribution < 1.29 is 18.3 Å². The van der Waals surface area contributed by atoms with Crippen molar-refractivity contribution in [3.05, 3.63) is 64.7 Å². The van der Waals surface area contributed by atoms with Crippen LogP contribution in [0.4, 0.5) is 14.5 Å². The van der Waals surface area contributed by atoms with Crippen molar-refractivity contribution >= 4 is 11.6 Å². The van der Waals surface area contributed by atoms with Crippen LogP contribution in [0.1, 0.15) is 16.7 Å². The van der Waals surface area contributed by atoms with E-state index >= 15 is 0 Å². The first-order chi connectivity index (χ1) is 12.5. The number of hydrogen-bond donors (Lipinski definition) is 1. The van der Waals surface area contributed by atoms with Gasteiger partial charge in [-0.1, -0.05) is 23.8 Å². The van der Waals surface area contributed by atoms with Crippen LogP contribution in [0.15, 0.2) is 36.4 Å². The SMILES string of the molecule is Cc1ccc(NC(=O)CN2CCOCC2)c(Cc2c(F)cccc2F)c1. The summed E-state index contributed by atoms with van der Waals surface area (Å²) in [5, 5.41) is 2.88. The second kappa shape index (κ2) is 8.38. The maximum atomic E-state index is 14.0. The summed E-state index contributed by atoms with van der Waals surface area (Å²) in [4.78, 5) is 14.4. The van der Waals surface area contributed by atoms with E-state index in [1.165, 1.54) is 18.2 Å². The van der Waals surface area contributed by atoms with Crippen LogP contribution < -0.4 is 5.32 Å². The summed E-state index contributed by atoms with van der Waals surface area (Å²) in [6, 6.07) is 9.31. The molecule has 2 aromatic rings. The predicted molar refractivity (Wildman–Crippen MR) is 96.2 cm³/mol. The van der Waals surface area contributed by atoms with E-state index in [1.54, 1.807) is 6.07 Å². The minimum absolute atomic E-state index is 0.00165. The van der Waals surface area contributed by atoms with Gasteiger partial charge >= 0.3 is 0 Å². The van der Waals surface area contributed by atoms with Crippen molar-refractivity contribution in [2.75, 3.05) is 38.2 Å². The summed E-state index contributed by atoms with van der Waals surface area (Å²) in [5.41, 5.74) is 2.23. The molecule has 1 heterocycles. The zero-order valence-electron chi connectivity index (χ0n) is 14.7. The smallest absolute Gasteiger partial charge is 0.238 e. The Morgan fingerprint density at radius 3 is 2.54 bits per heavy atom. The Morgan fingerprint density at radius 2 is 1.85 bits per heavy atom. The lowest BCUT2D eigenvalue weighted by Gasteiger charge is -2.26. The quantitative estimate of drug-likeness (QED) is 0.891. The number of morpholine rings is 1. The Balaban J connectivity index is 1.76. The van der Waals surface area contributed by atoms with Crippen LogP contribution in [-0.4, -0.2) is 43.7 Å². The zero-order valence-corrected chi connectivity index (χ0v) is 14.7. The lowest BCUT2D eigenvalue weighted by atomic mass is 10.00. The van der Waals surface area contributed by atoms with Crippen LogP contribution in [0.5, 0.6) is 0 Å². The summed E-state index contributed by atoms with van der Waals surface area (Å²) in [5.74, 6) is -1.32. The molecule has 0 aromatic heterocycles. The van der Waals surface area contributed by atoms with Crippen molar-refractivity contribution in [1.82, 2.24) is 4.90 Å². The molecule has 6 heteroatoms. The molecule has 0 saturated carbocycles. The molecule has 26 heavy (non-hydrogen) atoms. The van der Waals surface area contributed by atoms with Crippen LogP contribution in [-0.2, 0) is 16.0 Å². The molecule has 1 fully saturated rings. The van der Waals surface area contributed by atoms with Gasteiger partial charge in [-0.15, -0.1) is 0 Å². The van der Waals surface area contributed by atoms with E-state index in [4.69, 9.17) is 4.74 Å². The van der Waals surface area contributed by atoms with Crippen molar-refractivity contribution in [2.45, 2.75) is 13.3 Å². The number of nitrogens with one attached hydrogen (secondary N) is 1. The average molecular weight is 360 g/mol. The molecule has 0 bridgehead atoms. The van der Waals surface area contributed by atoms with E-state index in [1.807, 2.05) is 24.0 Å². The van der Waals surface area contributed by atoms with Gasteiger partial charge in [0.2, 0.25) is 5.91 Å². The fourth-order valence-corrected chi connectivity index (χ4v) is 3.03. The van der Waals surface area contributed by atoms with Crippen LogP contribution in [0.25, 0.3) is 0 Å². The molecule has 1 amide bonds. The summed E-state index contributed by atoms with van der Waals surface area (Å²) in [6.45, 7) is 4.85. The van der Waals surface area contributed by atoms with Gasteiger partial charge in [0, 0.05) is 30.8 Å². The molecule has 1 aliphatic rings. The number of hydrogen-bond acceptors (Lipinski definition) is 3. The summed E-state index contributed by atoms with van der Waals surface area (Å²) < 4.78 is 33.3. The highest BCUT2D eigenvalue weighted by Crippen LogP contribution is 2.24. The Kier molecular flexibility index (Phi) is 5.96. The molecular weight excluding hydrogens is 338 g/mol. The van der Waals surface area contributed by atoms with Crippen LogP contribution in [0.3, 0.4) is 0 Å². The van der Waals surface area contributed by atoms with Crippen LogP contribution in [0, 0.1) is 18.6 Å². The summed E-state index contributed by atoms with van der Waals surface area (Å²) >= 11 is 0. The molecule has 0 radical (unpaired) electrons. The number of halogens is 2. The fraction of sp³-hybridized carbons (Fsp3) is 0.350. The van der Waals surface area contributed by atoms with Crippen molar-refractivity contribution in [1.29, 1.82) is 0 Å². The number of anilines is 1. The molecule has 138 valence electrons. The number of aryl methyl sites for hydroxylation is 1. The maximum absolute atomic E-state index is 14.0. The third kappa shape index (κ3) is 4.65. The van der Waals surface area contributed by atoms with E-state index in [0.717, 1.165) is 5.56 Å². The topological polar surface area (TPSA) is 41.6 Å². The second-order valence-electron chi connectivity index (χ2n) is 6.47. The Labute approximate surface area is 151 Å². The lowest BCUT2D eigenvalue weighted by molar-refractivity contribution is -0.118. The third-order valence-corrected chi connectivity index (χ3v) is 4.43. The van der Waals surface area contributed by atoms with Gasteiger partial charge in [-0.05, 0) is 30.7 Å². The lowest BCUT2D eigenvalue weighted by Crippen LogP contribution is -2.41. The van der Waals surface area contributed by atoms with Gasteiger partial charge in [-0.2, -0.15) is 0 Å². The van der Waals surface area contributed by atoms with Crippen molar-refractivity contribution in [3.63, 3.8) is 0 Å². The number of ether oxygens (including phenoxy) is 1. The molecule has 1 saturated heterocycles. The van der Waals surface area contributed by atoms with Crippen LogP contribution >= 0.6 is 0 Å². The highest BCUT2D eigenvalue weighted by Gasteiger charge is 2.16. The molecule has 2 aromatic carbocycles. The minimum atomic E-state index is -0.586. The van der Waals surface area contributed by atoms with Gasteiger partial charge in [0.25, 0.3) is 0 Å².